The van der Waals surface area contributed by atoms with E-state index in [2.05, 4.69) is 4.98 Å². The lowest BCUT2D eigenvalue weighted by Gasteiger charge is -2.09. The number of hydrogen-bond acceptors (Lipinski definition) is 4. The summed E-state index contributed by atoms with van der Waals surface area (Å²) in [6.07, 6.45) is -4.45. The Bertz CT molecular complexity index is 624. The number of nitrogens with zero attached hydrogens (tertiary/aromatic N) is 1. The van der Waals surface area contributed by atoms with Crippen molar-refractivity contribution in [2.75, 3.05) is 0 Å². The largest absolute Gasteiger partial charge is 0.488 e. The normalized spacial score (nSPS) is 11.3. The second kappa shape index (κ2) is 5.49. The SMILES string of the molecule is O=C(O)c1ncsc1COc1cccc(C(F)(F)F)c1. The van der Waals surface area contributed by atoms with Gasteiger partial charge in [0.15, 0.2) is 5.69 Å². The van der Waals surface area contributed by atoms with Gasteiger partial charge in [0, 0.05) is 0 Å². The zero-order valence-electron chi connectivity index (χ0n) is 9.85. The summed E-state index contributed by atoms with van der Waals surface area (Å²) in [6.45, 7) is -0.145. The minimum Gasteiger partial charge on any atom is -0.488 e. The van der Waals surface area contributed by atoms with Gasteiger partial charge in [-0.3, -0.25) is 0 Å². The maximum Gasteiger partial charge on any atom is 0.416 e. The topological polar surface area (TPSA) is 59.4 Å². The predicted octanol–water partition coefficient (Wildman–Crippen LogP) is 3.44. The number of aromatic nitrogens is 1. The van der Waals surface area contributed by atoms with Gasteiger partial charge in [0.25, 0.3) is 0 Å². The number of ether oxygens (including phenoxy) is 1. The lowest BCUT2D eigenvalue weighted by Crippen LogP contribution is -2.06. The van der Waals surface area contributed by atoms with Crippen LogP contribution in [0, 0.1) is 0 Å². The zero-order chi connectivity index (χ0) is 14.8. The molecule has 20 heavy (non-hydrogen) atoms. The highest BCUT2D eigenvalue weighted by atomic mass is 32.1. The van der Waals surface area contributed by atoms with E-state index in [-0.39, 0.29) is 18.1 Å². The minimum absolute atomic E-state index is 0.0181. The van der Waals surface area contributed by atoms with Crippen LogP contribution in [0.4, 0.5) is 13.2 Å². The van der Waals surface area contributed by atoms with E-state index in [4.69, 9.17) is 9.84 Å². The molecule has 1 N–H and O–H groups in total. The fourth-order valence-corrected chi connectivity index (χ4v) is 2.12. The van der Waals surface area contributed by atoms with Gasteiger partial charge in [-0.15, -0.1) is 11.3 Å². The van der Waals surface area contributed by atoms with Crippen molar-refractivity contribution in [1.82, 2.24) is 4.98 Å². The highest BCUT2D eigenvalue weighted by Crippen LogP contribution is 2.31. The number of aromatic carboxylic acids is 1. The lowest BCUT2D eigenvalue weighted by molar-refractivity contribution is -0.137. The number of benzene rings is 1. The number of hydrogen-bond donors (Lipinski definition) is 1. The molecule has 0 saturated heterocycles. The molecule has 0 aliphatic rings. The molecular formula is C12H8F3NO3S. The van der Waals surface area contributed by atoms with E-state index in [1.165, 1.54) is 17.6 Å². The van der Waals surface area contributed by atoms with Crippen LogP contribution in [-0.4, -0.2) is 16.1 Å². The maximum atomic E-state index is 12.5. The Morgan fingerprint density at radius 1 is 1.40 bits per heavy atom. The first kappa shape index (κ1) is 14.3. The van der Waals surface area contributed by atoms with Crippen molar-refractivity contribution >= 4 is 17.3 Å². The molecule has 0 unspecified atom stereocenters. The average molecular weight is 303 g/mol. The number of carbonyl (C=O) groups is 1. The molecule has 2 rings (SSSR count). The molecule has 1 heterocycles. The zero-order valence-corrected chi connectivity index (χ0v) is 10.7. The molecule has 4 nitrogen and oxygen atoms in total. The summed E-state index contributed by atoms with van der Waals surface area (Å²) in [5.41, 5.74) is 0.369. The van der Waals surface area contributed by atoms with E-state index in [9.17, 15) is 18.0 Å². The number of halogens is 3. The molecule has 0 aliphatic heterocycles. The van der Waals surface area contributed by atoms with E-state index < -0.39 is 17.7 Å². The van der Waals surface area contributed by atoms with Crippen LogP contribution in [0.1, 0.15) is 20.9 Å². The molecule has 0 atom stereocenters. The quantitative estimate of drug-likeness (QED) is 0.940. The van der Waals surface area contributed by atoms with Crippen molar-refractivity contribution in [2.45, 2.75) is 12.8 Å². The van der Waals surface area contributed by atoms with Gasteiger partial charge >= 0.3 is 12.1 Å². The van der Waals surface area contributed by atoms with Crippen molar-refractivity contribution in [3.8, 4) is 5.75 Å². The summed E-state index contributed by atoms with van der Waals surface area (Å²) in [6, 6.07) is 4.39. The van der Waals surface area contributed by atoms with E-state index in [0.29, 0.717) is 4.88 Å². The molecule has 106 valence electrons. The Morgan fingerprint density at radius 2 is 2.15 bits per heavy atom. The molecule has 1 aromatic carbocycles. The Hall–Kier alpha value is -2.09. The van der Waals surface area contributed by atoms with Gasteiger partial charge in [-0.25, -0.2) is 9.78 Å². The standard InChI is InChI=1S/C12H8F3NO3S/c13-12(14,15)7-2-1-3-8(4-7)19-5-9-10(11(17)18)16-6-20-9/h1-4,6H,5H2,(H,17,18). The smallest absolute Gasteiger partial charge is 0.416 e. The molecule has 0 fully saturated rings. The van der Waals surface area contributed by atoms with Gasteiger partial charge in [0.1, 0.15) is 12.4 Å². The van der Waals surface area contributed by atoms with Crippen molar-refractivity contribution in [3.63, 3.8) is 0 Å². The molecule has 0 radical (unpaired) electrons. The van der Waals surface area contributed by atoms with Crippen molar-refractivity contribution in [1.29, 1.82) is 0 Å². The minimum atomic E-state index is -4.45. The summed E-state index contributed by atoms with van der Waals surface area (Å²) in [7, 11) is 0. The van der Waals surface area contributed by atoms with E-state index in [1.807, 2.05) is 0 Å². The fourth-order valence-electron chi connectivity index (χ4n) is 1.46. The first-order valence-electron chi connectivity index (χ1n) is 5.33. The van der Waals surface area contributed by atoms with Crippen LogP contribution < -0.4 is 4.74 Å². The van der Waals surface area contributed by atoms with Gasteiger partial charge < -0.3 is 9.84 Å². The highest BCUT2D eigenvalue weighted by Gasteiger charge is 2.30. The summed E-state index contributed by atoms with van der Waals surface area (Å²) < 4.78 is 42.7. The highest BCUT2D eigenvalue weighted by molar-refractivity contribution is 7.09. The van der Waals surface area contributed by atoms with Crippen LogP contribution in [0.5, 0.6) is 5.75 Å². The molecule has 0 spiro atoms. The first-order valence-corrected chi connectivity index (χ1v) is 6.21. The van der Waals surface area contributed by atoms with Gasteiger partial charge in [-0.05, 0) is 18.2 Å². The van der Waals surface area contributed by atoms with Crippen LogP contribution >= 0.6 is 11.3 Å². The van der Waals surface area contributed by atoms with Crippen LogP contribution in [0.3, 0.4) is 0 Å². The van der Waals surface area contributed by atoms with Gasteiger partial charge in [0.05, 0.1) is 16.0 Å². The molecule has 8 heteroatoms. The fraction of sp³-hybridized carbons (Fsp3) is 0.167. The number of thiazole rings is 1. The van der Waals surface area contributed by atoms with Crippen LogP contribution in [0.15, 0.2) is 29.8 Å². The third kappa shape index (κ3) is 3.27. The number of rotatable bonds is 4. The third-order valence-corrected chi connectivity index (χ3v) is 3.18. The molecule has 0 bridgehead atoms. The summed E-state index contributed by atoms with van der Waals surface area (Å²) >= 11 is 1.07. The number of carboxylic acid groups (broad SMARTS) is 1. The number of alkyl halides is 3. The Morgan fingerprint density at radius 3 is 2.80 bits per heavy atom. The van der Waals surface area contributed by atoms with Gasteiger partial charge in [-0.1, -0.05) is 6.07 Å². The van der Waals surface area contributed by atoms with Crippen molar-refractivity contribution < 1.29 is 27.8 Å². The average Bonchev–Trinajstić information content (AvgIpc) is 2.84. The third-order valence-electron chi connectivity index (χ3n) is 2.37. The Labute approximate surface area is 115 Å². The van der Waals surface area contributed by atoms with Gasteiger partial charge in [-0.2, -0.15) is 13.2 Å². The monoisotopic (exact) mass is 303 g/mol. The second-order valence-corrected chi connectivity index (χ2v) is 4.68. The maximum absolute atomic E-state index is 12.5. The predicted molar refractivity (Wildman–Crippen MR) is 64.8 cm³/mol. The summed E-state index contributed by atoms with van der Waals surface area (Å²) in [5, 5.41) is 8.84. The lowest BCUT2D eigenvalue weighted by atomic mass is 10.2. The van der Waals surface area contributed by atoms with Crippen LogP contribution in [-0.2, 0) is 12.8 Å². The molecular weight excluding hydrogens is 295 g/mol. The summed E-state index contributed by atoms with van der Waals surface area (Å²) in [5.74, 6) is -1.18. The Kier molecular flexibility index (Phi) is 3.93. The Balaban J connectivity index is 2.11. The molecule has 0 saturated carbocycles. The molecule has 0 amide bonds. The van der Waals surface area contributed by atoms with E-state index in [0.717, 1.165) is 23.5 Å². The van der Waals surface area contributed by atoms with E-state index in [1.54, 1.807) is 0 Å². The van der Waals surface area contributed by atoms with Crippen molar-refractivity contribution in [3.05, 3.63) is 45.9 Å². The van der Waals surface area contributed by atoms with Crippen LogP contribution in [0.25, 0.3) is 0 Å². The second-order valence-electron chi connectivity index (χ2n) is 3.74. The van der Waals surface area contributed by atoms with Crippen LogP contribution in [0.2, 0.25) is 0 Å². The van der Waals surface area contributed by atoms with E-state index >= 15 is 0 Å². The first-order chi connectivity index (χ1) is 9.38. The molecule has 0 aliphatic carbocycles. The molecule has 1 aromatic heterocycles. The summed E-state index contributed by atoms with van der Waals surface area (Å²) in [4.78, 5) is 14.8. The van der Waals surface area contributed by atoms with Gasteiger partial charge in [0.2, 0.25) is 0 Å². The number of carboxylic acids is 1. The van der Waals surface area contributed by atoms with Crippen molar-refractivity contribution in [2.24, 2.45) is 0 Å². The molecule has 2 aromatic rings.